The van der Waals surface area contributed by atoms with Crippen molar-refractivity contribution < 1.29 is 9.90 Å². The van der Waals surface area contributed by atoms with E-state index in [4.69, 9.17) is 5.11 Å². The minimum Gasteiger partial charge on any atom is -0.396 e. The molecule has 20 heavy (non-hydrogen) atoms. The van der Waals surface area contributed by atoms with Gasteiger partial charge in [-0.05, 0) is 44.1 Å². The van der Waals surface area contributed by atoms with Gasteiger partial charge in [-0.3, -0.25) is 4.79 Å². The molecule has 0 bridgehead atoms. The molecule has 3 rings (SSSR count). The fraction of sp³-hybridized carbons (Fsp3) is 0.588. The van der Waals surface area contributed by atoms with Crippen molar-refractivity contribution in [2.24, 2.45) is 0 Å². The van der Waals surface area contributed by atoms with E-state index < -0.39 is 0 Å². The molecule has 108 valence electrons. The zero-order valence-electron chi connectivity index (χ0n) is 11.9. The van der Waals surface area contributed by atoms with Crippen LogP contribution >= 0.6 is 0 Å². The minimum absolute atomic E-state index is 0.162. The van der Waals surface area contributed by atoms with Gasteiger partial charge in [0.25, 0.3) is 0 Å². The zero-order valence-corrected chi connectivity index (χ0v) is 11.9. The first kappa shape index (κ1) is 13.6. The highest BCUT2D eigenvalue weighted by atomic mass is 16.3. The van der Waals surface area contributed by atoms with E-state index in [1.54, 1.807) is 0 Å². The van der Waals surface area contributed by atoms with Gasteiger partial charge in [-0.25, -0.2) is 0 Å². The highest BCUT2D eigenvalue weighted by Gasteiger charge is 2.53. The van der Waals surface area contributed by atoms with Gasteiger partial charge in [0.2, 0.25) is 5.91 Å². The van der Waals surface area contributed by atoms with Crippen molar-refractivity contribution in [2.75, 3.05) is 13.2 Å². The smallest absolute Gasteiger partial charge is 0.233 e. The molecule has 3 heteroatoms. The number of benzene rings is 1. The normalized spacial score (nSPS) is 20.2. The third-order valence-electron chi connectivity index (χ3n) is 4.82. The molecular weight excluding hydrogens is 250 g/mol. The van der Waals surface area contributed by atoms with Crippen molar-refractivity contribution in [2.45, 2.75) is 50.0 Å². The third-order valence-corrected chi connectivity index (χ3v) is 4.82. The lowest BCUT2D eigenvalue weighted by Crippen LogP contribution is -2.49. The second-order valence-corrected chi connectivity index (χ2v) is 6.11. The highest BCUT2D eigenvalue weighted by molar-refractivity contribution is 5.91. The predicted octanol–water partition coefficient (Wildman–Crippen LogP) is 2.48. The van der Waals surface area contributed by atoms with Gasteiger partial charge < -0.3 is 10.0 Å². The molecule has 0 spiro atoms. The molecule has 0 heterocycles. The van der Waals surface area contributed by atoms with Gasteiger partial charge >= 0.3 is 0 Å². The Bertz CT molecular complexity index is 463. The van der Waals surface area contributed by atoms with Crippen LogP contribution in [0.4, 0.5) is 0 Å². The summed E-state index contributed by atoms with van der Waals surface area (Å²) in [6, 6.07) is 10.6. The van der Waals surface area contributed by atoms with Crippen LogP contribution in [-0.2, 0) is 10.2 Å². The molecule has 0 saturated heterocycles. The Kier molecular flexibility index (Phi) is 3.79. The Balaban J connectivity index is 1.78. The summed E-state index contributed by atoms with van der Waals surface area (Å²) >= 11 is 0. The van der Waals surface area contributed by atoms with Crippen molar-refractivity contribution in [3.63, 3.8) is 0 Å². The minimum atomic E-state index is -0.258. The van der Waals surface area contributed by atoms with Crippen molar-refractivity contribution >= 4 is 5.91 Å². The first-order valence-electron chi connectivity index (χ1n) is 7.75. The summed E-state index contributed by atoms with van der Waals surface area (Å²) in [5.74, 6) is 0.293. The maximum Gasteiger partial charge on any atom is 0.233 e. The van der Waals surface area contributed by atoms with Crippen LogP contribution in [-0.4, -0.2) is 35.1 Å². The van der Waals surface area contributed by atoms with Gasteiger partial charge in [0.05, 0.1) is 5.41 Å². The van der Waals surface area contributed by atoms with Gasteiger partial charge in [-0.15, -0.1) is 0 Å². The van der Waals surface area contributed by atoms with E-state index in [0.717, 1.165) is 25.7 Å². The summed E-state index contributed by atoms with van der Waals surface area (Å²) in [7, 11) is 0. The Morgan fingerprint density at radius 1 is 1.25 bits per heavy atom. The Morgan fingerprint density at radius 2 is 1.95 bits per heavy atom. The van der Waals surface area contributed by atoms with Crippen molar-refractivity contribution in [3.05, 3.63) is 35.9 Å². The van der Waals surface area contributed by atoms with E-state index in [1.807, 2.05) is 18.2 Å². The number of nitrogens with zero attached hydrogens (tertiary/aromatic N) is 1. The second-order valence-electron chi connectivity index (χ2n) is 6.11. The van der Waals surface area contributed by atoms with Crippen molar-refractivity contribution in [3.8, 4) is 0 Å². The van der Waals surface area contributed by atoms with E-state index in [-0.39, 0.29) is 12.0 Å². The maximum absolute atomic E-state index is 13.0. The third kappa shape index (κ3) is 2.35. The summed E-state index contributed by atoms with van der Waals surface area (Å²) in [5.41, 5.74) is 0.907. The van der Waals surface area contributed by atoms with E-state index in [9.17, 15) is 4.79 Å². The number of carbonyl (C=O) groups is 1. The molecule has 1 N–H and O–H groups in total. The topological polar surface area (TPSA) is 40.5 Å². The van der Waals surface area contributed by atoms with Crippen LogP contribution in [0, 0.1) is 0 Å². The summed E-state index contributed by atoms with van der Waals surface area (Å²) in [6.07, 6.45) is 6.11. The fourth-order valence-electron chi connectivity index (χ4n) is 3.17. The molecular formula is C17H23NO2. The first-order valence-corrected chi connectivity index (χ1v) is 7.75. The molecule has 0 aliphatic heterocycles. The molecule has 1 amide bonds. The van der Waals surface area contributed by atoms with E-state index in [1.165, 1.54) is 12.0 Å². The number of rotatable bonds is 6. The van der Waals surface area contributed by atoms with Gasteiger partial charge in [0, 0.05) is 19.2 Å². The number of aliphatic hydroxyl groups is 1. The van der Waals surface area contributed by atoms with Crippen molar-refractivity contribution in [1.82, 2.24) is 4.90 Å². The van der Waals surface area contributed by atoms with Crippen LogP contribution in [0.2, 0.25) is 0 Å². The Morgan fingerprint density at radius 3 is 2.45 bits per heavy atom. The molecule has 1 aromatic rings. The van der Waals surface area contributed by atoms with E-state index in [2.05, 4.69) is 17.0 Å². The van der Waals surface area contributed by atoms with Crippen LogP contribution in [0.1, 0.15) is 44.1 Å². The molecule has 3 nitrogen and oxygen atoms in total. The molecule has 0 unspecified atom stereocenters. The molecule has 0 radical (unpaired) electrons. The summed E-state index contributed by atoms with van der Waals surface area (Å²) in [6.45, 7) is 0.865. The Hall–Kier alpha value is -1.35. The molecule has 0 aromatic heterocycles. The highest BCUT2D eigenvalue weighted by Crippen LogP contribution is 2.50. The standard InChI is InChI=1S/C17H23NO2/c19-13-5-12-18(15-8-4-9-15)16(20)17(10-11-17)14-6-2-1-3-7-14/h1-3,6-7,15,19H,4-5,8-13H2. The van der Waals surface area contributed by atoms with Crippen LogP contribution in [0.3, 0.4) is 0 Å². The lowest BCUT2D eigenvalue weighted by atomic mass is 9.88. The van der Waals surface area contributed by atoms with E-state index >= 15 is 0 Å². The molecule has 2 fully saturated rings. The molecule has 1 aromatic carbocycles. The number of hydrogen-bond acceptors (Lipinski definition) is 2. The zero-order chi connectivity index (χ0) is 14.0. The van der Waals surface area contributed by atoms with Crippen LogP contribution < -0.4 is 0 Å². The fourth-order valence-corrected chi connectivity index (χ4v) is 3.17. The predicted molar refractivity (Wildman–Crippen MR) is 78.4 cm³/mol. The van der Waals surface area contributed by atoms with Crippen molar-refractivity contribution in [1.29, 1.82) is 0 Å². The van der Waals surface area contributed by atoms with Crippen LogP contribution in [0.5, 0.6) is 0 Å². The van der Waals surface area contributed by atoms with Crippen LogP contribution in [0.15, 0.2) is 30.3 Å². The summed E-state index contributed by atoms with van der Waals surface area (Å²) in [5, 5.41) is 9.07. The number of carbonyl (C=O) groups excluding carboxylic acids is 1. The average Bonchev–Trinajstić information content (AvgIpc) is 3.23. The average molecular weight is 273 g/mol. The second kappa shape index (κ2) is 5.57. The summed E-state index contributed by atoms with van der Waals surface area (Å²) < 4.78 is 0. The number of amides is 1. The largest absolute Gasteiger partial charge is 0.396 e. The molecule has 2 saturated carbocycles. The summed E-state index contributed by atoms with van der Waals surface area (Å²) in [4.78, 5) is 15.1. The SMILES string of the molecule is O=C(N(CCCO)C1CCC1)C1(c2ccccc2)CC1. The molecule has 0 atom stereocenters. The number of hydrogen-bond donors (Lipinski definition) is 1. The lowest BCUT2D eigenvalue weighted by Gasteiger charge is -2.39. The quantitative estimate of drug-likeness (QED) is 0.865. The monoisotopic (exact) mass is 273 g/mol. The van der Waals surface area contributed by atoms with Gasteiger partial charge in [0.15, 0.2) is 0 Å². The maximum atomic E-state index is 13.0. The molecule has 2 aliphatic rings. The van der Waals surface area contributed by atoms with E-state index in [0.29, 0.717) is 24.9 Å². The number of aliphatic hydroxyl groups excluding tert-OH is 1. The Labute approximate surface area is 120 Å². The molecule has 2 aliphatic carbocycles. The van der Waals surface area contributed by atoms with Gasteiger partial charge in [-0.1, -0.05) is 30.3 Å². The lowest BCUT2D eigenvalue weighted by molar-refractivity contribution is -0.138. The van der Waals surface area contributed by atoms with Gasteiger partial charge in [-0.2, -0.15) is 0 Å². The van der Waals surface area contributed by atoms with Crippen LogP contribution in [0.25, 0.3) is 0 Å². The first-order chi connectivity index (χ1) is 9.78. The van der Waals surface area contributed by atoms with Gasteiger partial charge in [0.1, 0.15) is 0 Å².